The molecule has 0 amide bonds. The first kappa shape index (κ1) is 10.3. The van der Waals surface area contributed by atoms with Crippen LogP contribution in [0.15, 0.2) is 16.6 Å². The van der Waals surface area contributed by atoms with Crippen molar-refractivity contribution in [3.05, 3.63) is 27.5 Å². The molecule has 1 N–H and O–H groups in total. The van der Waals surface area contributed by atoms with E-state index in [-0.39, 0.29) is 0 Å². The fourth-order valence-electron chi connectivity index (χ4n) is 1.27. The highest BCUT2D eigenvalue weighted by molar-refractivity contribution is 9.10. The third-order valence-electron chi connectivity index (χ3n) is 1.90. The third-order valence-corrected chi connectivity index (χ3v) is 3.29. The Kier molecular flexibility index (Phi) is 3.00. The number of fused-ring (bicyclic) bond motifs is 1. The molecule has 0 aliphatic rings. The van der Waals surface area contributed by atoms with Gasteiger partial charge in [-0.1, -0.05) is 11.6 Å². The fraction of sp³-hybridized carbons (Fsp3) is 0.222. The molecule has 74 valence electrons. The van der Waals surface area contributed by atoms with Crippen LogP contribution in [0.5, 0.6) is 0 Å². The minimum atomic E-state index is 0.564. The van der Waals surface area contributed by atoms with Gasteiger partial charge < -0.3 is 4.98 Å². The standard InChI is InChI=1S/C9H7BrCl2N2/c10-5-3-7-8(4-6(5)12)14-9(13-7)1-2-11/h3-4H,1-2H2,(H,13,14). The maximum Gasteiger partial charge on any atom is 0.108 e. The van der Waals surface area contributed by atoms with Gasteiger partial charge in [0.05, 0.1) is 16.1 Å². The number of hydrogen-bond donors (Lipinski definition) is 1. The summed E-state index contributed by atoms with van der Waals surface area (Å²) < 4.78 is 0.857. The zero-order chi connectivity index (χ0) is 10.1. The molecule has 2 aromatic rings. The van der Waals surface area contributed by atoms with Gasteiger partial charge in [-0.15, -0.1) is 11.6 Å². The predicted octanol–water partition coefficient (Wildman–Crippen LogP) is 3.76. The molecule has 1 aromatic carbocycles. The van der Waals surface area contributed by atoms with Gasteiger partial charge in [-0.25, -0.2) is 4.98 Å². The van der Waals surface area contributed by atoms with Crippen LogP contribution in [0, 0.1) is 0 Å². The van der Waals surface area contributed by atoms with E-state index in [2.05, 4.69) is 25.9 Å². The Morgan fingerprint density at radius 3 is 2.93 bits per heavy atom. The summed E-state index contributed by atoms with van der Waals surface area (Å²) in [6.45, 7) is 0. The van der Waals surface area contributed by atoms with E-state index in [1.165, 1.54) is 0 Å². The summed E-state index contributed by atoms with van der Waals surface area (Å²) in [4.78, 5) is 7.54. The molecule has 1 aromatic heterocycles. The van der Waals surface area contributed by atoms with Crippen LogP contribution in [0.2, 0.25) is 5.02 Å². The molecule has 0 fully saturated rings. The number of nitrogens with one attached hydrogen (secondary N) is 1. The Labute approximate surface area is 99.7 Å². The summed E-state index contributed by atoms with van der Waals surface area (Å²) in [5.74, 6) is 1.46. The van der Waals surface area contributed by atoms with E-state index in [1.807, 2.05) is 12.1 Å². The number of H-pyrrole nitrogens is 1. The van der Waals surface area contributed by atoms with Gasteiger partial charge in [-0.2, -0.15) is 0 Å². The first-order valence-electron chi connectivity index (χ1n) is 4.10. The molecule has 0 saturated heterocycles. The van der Waals surface area contributed by atoms with E-state index in [9.17, 15) is 0 Å². The Hall–Kier alpha value is -0.250. The van der Waals surface area contributed by atoms with Crippen molar-refractivity contribution in [3.8, 4) is 0 Å². The van der Waals surface area contributed by atoms with Crippen LogP contribution in [0.25, 0.3) is 11.0 Å². The lowest BCUT2D eigenvalue weighted by atomic mass is 10.3. The van der Waals surface area contributed by atoms with Crippen LogP contribution in [-0.2, 0) is 6.42 Å². The zero-order valence-corrected chi connectivity index (χ0v) is 10.2. The molecule has 2 nitrogen and oxygen atoms in total. The van der Waals surface area contributed by atoms with Crippen molar-refractivity contribution < 1.29 is 0 Å². The largest absolute Gasteiger partial charge is 0.342 e. The molecule has 0 saturated carbocycles. The van der Waals surface area contributed by atoms with Crippen LogP contribution in [-0.4, -0.2) is 15.8 Å². The summed E-state index contributed by atoms with van der Waals surface area (Å²) in [6, 6.07) is 3.75. The lowest BCUT2D eigenvalue weighted by Crippen LogP contribution is -1.87. The predicted molar refractivity (Wildman–Crippen MR) is 63.2 cm³/mol. The molecule has 0 aliphatic heterocycles. The average molecular weight is 294 g/mol. The van der Waals surface area contributed by atoms with E-state index in [4.69, 9.17) is 23.2 Å². The minimum absolute atomic E-state index is 0.564. The average Bonchev–Trinajstić information content (AvgIpc) is 2.48. The van der Waals surface area contributed by atoms with Crippen molar-refractivity contribution in [1.82, 2.24) is 9.97 Å². The van der Waals surface area contributed by atoms with Crippen LogP contribution in [0.1, 0.15) is 5.82 Å². The normalized spacial score (nSPS) is 11.1. The molecule has 0 spiro atoms. The maximum atomic E-state index is 5.95. The Morgan fingerprint density at radius 1 is 1.43 bits per heavy atom. The summed E-state index contributed by atoms with van der Waals surface area (Å²) in [5.41, 5.74) is 1.85. The number of aryl methyl sites for hydroxylation is 1. The second kappa shape index (κ2) is 4.09. The molecule has 2 rings (SSSR count). The molecule has 0 unspecified atom stereocenters. The molecule has 0 radical (unpaired) electrons. The van der Waals surface area contributed by atoms with Crippen molar-refractivity contribution in [2.24, 2.45) is 0 Å². The van der Waals surface area contributed by atoms with E-state index in [1.54, 1.807) is 0 Å². The van der Waals surface area contributed by atoms with Gasteiger partial charge in [0, 0.05) is 16.8 Å². The van der Waals surface area contributed by atoms with Gasteiger partial charge >= 0.3 is 0 Å². The van der Waals surface area contributed by atoms with Crippen LogP contribution < -0.4 is 0 Å². The van der Waals surface area contributed by atoms with Crippen molar-refractivity contribution in [2.75, 3.05) is 5.88 Å². The van der Waals surface area contributed by atoms with Crippen molar-refractivity contribution >= 4 is 50.2 Å². The van der Waals surface area contributed by atoms with Gasteiger partial charge in [0.25, 0.3) is 0 Å². The number of halogens is 3. The molecule has 5 heteroatoms. The Morgan fingerprint density at radius 2 is 2.21 bits per heavy atom. The van der Waals surface area contributed by atoms with Crippen molar-refractivity contribution in [1.29, 1.82) is 0 Å². The fourth-order valence-corrected chi connectivity index (χ4v) is 1.94. The first-order valence-corrected chi connectivity index (χ1v) is 5.81. The van der Waals surface area contributed by atoms with E-state index < -0.39 is 0 Å². The number of benzene rings is 1. The van der Waals surface area contributed by atoms with E-state index in [0.29, 0.717) is 10.9 Å². The smallest absolute Gasteiger partial charge is 0.108 e. The van der Waals surface area contributed by atoms with Crippen LogP contribution >= 0.6 is 39.1 Å². The number of aromatic nitrogens is 2. The van der Waals surface area contributed by atoms with E-state index in [0.717, 1.165) is 27.8 Å². The minimum Gasteiger partial charge on any atom is -0.342 e. The highest BCUT2D eigenvalue weighted by atomic mass is 79.9. The summed E-state index contributed by atoms with van der Waals surface area (Å²) in [5, 5.41) is 0.679. The maximum absolute atomic E-state index is 5.95. The lowest BCUT2D eigenvalue weighted by molar-refractivity contribution is 1.01. The van der Waals surface area contributed by atoms with Gasteiger partial charge in [0.1, 0.15) is 5.82 Å². The Bertz CT molecular complexity index is 428. The monoisotopic (exact) mass is 292 g/mol. The topological polar surface area (TPSA) is 28.7 Å². The number of hydrogen-bond acceptors (Lipinski definition) is 1. The quantitative estimate of drug-likeness (QED) is 0.839. The van der Waals surface area contributed by atoms with Gasteiger partial charge in [-0.05, 0) is 28.1 Å². The summed E-state index contributed by atoms with van der Waals surface area (Å²) >= 11 is 14.9. The van der Waals surface area contributed by atoms with E-state index >= 15 is 0 Å². The first-order chi connectivity index (χ1) is 6.70. The molecule has 0 atom stereocenters. The summed E-state index contributed by atoms with van der Waals surface area (Å²) in [6.07, 6.45) is 0.742. The second-order valence-corrected chi connectivity index (χ2v) is 4.55. The number of alkyl halides is 1. The number of imidazole rings is 1. The van der Waals surface area contributed by atoms with Crippen LogP contribution in [0.4, 0.5) is 0 Å². The Balaban J connectivity index is 2.54. The third kappa shape index (κ3) is 1.90. The summed E-state index contributed by atoms with van der Waals surface area (Å²) in [7, 11) is 0. The van der Waals surface area contributed by atoms with Crippen LogP contribution in [0.3, 0.4) is 0 Å². The molecule has 0 bridgehead atoms. The molecular formula is C9H7BrCl2N2. The van der Waals surface area contributed by atoms with Gasteiger partial charge in [0.15, 0.2) is 0 Å². The highest BCUT2D eigenvalue weighted by Crippen LogP contribution is 2.27. The SMILES string of the molecule is ClCCc1nc2cc(Br)c(Cl)cc2[nH]1. The number of rotatable bonds is 2. The van der Waals surface area contributed by atoms with Crippen molar-refractivity contribution in [2.45, 2.75) is 6.42 Å². The number of aromatic amines is 1. The molecule has 1 heterocycles. The lowest BCUT2D eigenvalue weighted by Gasteiger charge is -1.93. The highest BCUT2D eigenvalue weighted by Gasteiger charge is 2.05. The second-order valence-electron chi connectivity index (χ2n) is 2.91. The molecule has 14 heavy (non-hydrogen) atoms. The van der Waals surface area contributed by atoms with Gasteiger partial charge in [0.2, 0.25) is 0 Å². The zero-order valence-electron chi connectivity index (χ0n) is 7.15. The number of nitrogens with zero attached hydrogens (tertiary/aromatic N) is 1. The van der Waals surface area contributed by atoms with Crippen molar-refractivity contribution in [3.63, 3.8) is 0 Å². The molecule has 0 aliphatic carbocycles. The molecular weight excluding hydrogens is 287 g/mol. The van der Waals surface area contributed by atoms with Gasteiger partial charge in [-0.3, -0.25) is 0 Å².